The van der Waals surface area contributed by atoms with E-state index in [0.29, 0.717) is 0 Å². The molecule has 0 aromatic heterocycles. The number of fused-ring (bicyclic) bond motifs is 2. The van der Waals surface area contributed by atoms with Gasteiger partial charge in [-0.1, -0.05) is 97.1 Å². The van der Waals surface area contributed by atoms with Crippen LogP contribution in [0.5, 0.6) is 0 Å². The Bertz CT molecular complexity index is 1310. The Labute approximate surface area is 166 Å². The molecule has 0 radical (unpaired) electrons. The molecule has 0 fully saturated rings. The van der Waals surface area contributed by atoms with E-state index in [2.05, 4.69) is 111 Å². The van der Waals surface area contributed by atoms with Gasteiger partial charge in [0.25, 0.3) is 0 Å². The van der Waals surface area contributed by atoms with Crippen LogP contribution in [0, 0.1) is 13.8 Å². The van der Waals surface area contributed by atoms with Crippen LogP contribution in [0.3, 0.4) is 0 Å². The fourth-order valence-electron chi connectivity index (χ4n) is 4.36. The second-order valence-electron chi connectivity index (χ2n) is 7.50. The third-order valence-electron chi connectivity index (χ3n) is 5.75. The maximum Gasteiger partial charge on any atom is -0.00204 e. The highest BCUT2D eigenvalue weighted by atomic mass is 14.2. The standard InChI is InChI=1S/C28H22/c1-19-16-17-26(24-14-8-6-12-22(19)24)28-25-15-9-7-13-23(25)20(2)18-27(28)21-10-4-3-5-11-21/h3-18H,1-2H3. The average Bonchev–Trinajstić information content (AvgIpc) is 2.75. The molecule has 0 saturated carbocycles. The molecule has 5 aromatic rings. The Kier molecular flexibility index (Phi) is 3.98. The summed E-state index contributed by atoms with van der Waals surface area (Å²) in [6.45, 7) is 4.41. The van der Waals surface area contributed by atoms with E-state index < -0.39 is 0 Å². The first-order valence-corrected chi connectivity index (χ1v) is 9.80. The van der Waals surface area contributed by atoms with Crippen molar-refractivity contribution in [3.8, 4) is 22.3 Å². The zero-order valence-electron chi connectivity index (χ0n) is 16.2. The number of hydrogen-bond donors (Lipinski definition) is 0. The van der Waals surface area contributed by atoms with E-state index >= 15 is 0 Å². The summed E-state index contributed by atoms with van der Waals surface area (Å²) in [4.78, 5) is 0. The Morgan fingerprint density at radius 2 is 1.00 bits per heavy atom. The highest BCUT2D eigenvalue weighted by Crippen LogP contribution is 2.42. The van der Waals surface area contributed by atoms with E-state index in [1.54, 1.807) is 0 Å². The lowest BCUT2D eigenvalue weighted by Gasteiger charge is -2.18. The van der Waals surface area contributed by atoms with Gasteiger partial charge in [-0.3, -0.25) is 0 Å². The van der Waals surface area contributed by atoms with Gasteiger partial charge in [0, 0.05) is 0 Å². The minimum Gasteiger partial charge on any atom is -0.0622 e. The Hall–Kier alpha value is -3.38. The third kappa shape index (κ3) is 2.61. The zero-order chi connectivity index (χ0) is 19.1. The van der Waals surface area contributed by atoms with Crippen LogP contribution >= 0.6 is 0 Å². The number of rotatable bonds is 2. The molecule has 0 saturated heterocycles. The summed E-state index contributed by atoms with van der Waals surface area (Å²) in [6.07, 6.45) is 0. The molecular formula is C28H22. The highest BCUT2D eigenvalue weighted by Gasteiger charge is 2.16. The van der Waals surface area contributed by atoms with Crippen molar-refractivity contribution in [3.05, 3.63) is 108 Å². The van der Waals surface area contributed by atoms with Crippen LogP contribution in [0.15, 0.2) is 97.1 Å². The number of hydrogen-bond acceptors (Lipinski definition) is 0. The molecule has 0 unspecified atom stereocenters. The van der Waals surface area contributed by atoms with Gasteiger partial charge in [0.2, 0.25) is 0 Å². The first-order chi connectivity index (χ1) is 13.7. The molecule has 0 amide bonds. The largest absolute Gasteiger partial charge is 0.0622 e. The number of aryl methyl sites for hydroxylation is 2. The van der Waals surface area contributed by atoms with Crippen LogP contribution in [0.4, 0.5) is 0 Å². The van der Waals surface area contributed by atoms with Crippen molar-refractivity contribution >= 4 is 21.5 Å². The second-order valence-corrected chi connectivity index (χ2v) is 7.50. The van der Waals surface area contributed by atoms with Crippen molar-refractivity contribution in [1.82, 2.24) is 0 Å². The van der Waals surface area contributed by atoms with E-state index in [9.17, 15) is 0 Å². The minimum atomic E-state index is 1.26. The van der Waals surface area contributed by atoms with Crippen LogP contribution in [0.25, 0.3) is 43.8 Å². The predicted octanol–water partition coefficient (Wildman–Crippen LogP) is 7.94. The second kappa shape index (κ2) is 6.65. The third-order valence-corrected chi connectivity index (χ3v) is 5.75. The molecule has 28 heavy (non-hydrogen) atoms. The first-order valence-electron chi connectivity index (χ1n) is 9.80. The molecule has 5 aromatic carbocycles. The van der Waals surface area contributed by atoms with Crippen LogP contribution < -0.4 is 0 Å². The molecule has 0 spiro atoms. The van der Waals surface area contributed by atoms with Crippen molar-refractivity contribution in [2.24, 2.45) is 0 Å². The van der Waals surface area contributed by atoms with Gasteiger partial charge < -0.3 is 0 Å². The molecule has 0 aliphatic carbocycles. The van der Waals surface area contributed by atoms with Gasteiger partial charge >= 0.3 is 0 Å². The van der Waals surface area contributed by atoms with E-state index in [4.69, 9.17) is 0 Å². The molecule has 0 heterocycles. The molecule has 0 heteroatoms. The van der Waals surface area contributed by atoms with Crippen molar-refractivity contribution in [2.45, 2.75) is 13.8 Å². The summed E-state index contributed by atoms with van der Waals surface area (Å²) in [6, 6.07) is 35.2. The van der Waals surface area contributed by atoms with E-state index in [-0.39, 0.29) is 0 Å². The lowest BCUT2D eigenvalue weighted by Crippen LogP contribution is -1.92. The van der Waals surface area contributed by atoms with Gasteiger partial charge in [-0.2, -0.15) is 0 Å². The summed E-state index contributed by atoms with van der Waals surface area (Å²) in [5.74, 6) is 0. The number of benzene rings is 5. The van der Waals surface area contributed by atoms with Gasteiger partial charge in [0.05, 0.1) is 0 Å². The smallest absolute Gasteiger partial charge is 0.00204 e. The molecule has 0 nitrogen and oxygen atoms in total. The molecule has 0 bridgehead atoms. The Morgan fingerprint density at radius 1 is 0.429 bits per heavy atom. The van der Waals surface area contributed by atoms with Gasteiger partial charge in [-0.25, -0.2) is 0 Å². The molecule has 0 aliphatic rings. The van der Waals surface area contributed by atoms with Crippen molar-refractivity contribution in [3.63, 3.8) is 0 Å². The highest BCUT2D eigenvalue weighted by molar-refractivity contribution is 6.11. The van der Waals surface area contributed by atoms with Crippen LogP contribution in [-0.4, -0.2) is 0 Å². The zero-order valence-corrected chi connectivity index (χ0v) is 16.2. The molecule has 0 aliphatic heterocycles. The van der Waals surface area contributed by atoms with E-state index in [1.807, 2.05) is 0 Å². The van der Waals surface area contributed by atoms with Crippen LogP contribution in [-0.2, 0) is 0 Å². The molecule has 0 atom stereocenters. The normalized spacial score (nSPS) is 11.2. The maximum absolute atomic E-state index is 2.35. The quantitative estimate of drug-likeness (QED) is 0.300. The van der Waals surface area contributed by atoms with Gasteiger partial charge in [0.15, 0.2) is 0 Å². The van der Waals surface area contributed by atoms with Crippen molar-refractivity contribution < 1.29 is 0 Å². The first kappa shape index (κ1) is 16.8. The van der Waals surface area contributed by atoms with Gasteiger partial charge in [0.1, 0.15) is 0 Å². The summed E-state index contributed by atoms with van der Waals surface area (Å²) < 4.78 is 0. The summed E-state index contributed by atoms with van der Waals surface area (Å²) >= 11 is 0. The van der Waals surface area contributed by atoms with Gasteiger partial charge in [-0.05, 0) is 68.8 Å². The summed E-state index contributed by atoms with van der Waals surface area (Å²) in [7, 11) is 0. The SMILES string of the molecule is Cc1ccc(-c2c(-c3ccccc3)cc(C)c3ccccc23)c2ccccc12. The fraction of sp³-hybridized carbons (Fsp3) is 0.0714. The molecule has 134 valence electrons. The van der Waals surface area contributed by atoms with Gasteiger partial charge in [-0.15, -0.1) is 0 Å². The lowest BCUT2D eigenvalue weighted by atomic mass is 9.85. The Morgan fingerprint density at radius 3 is 1.71 bits per heavy atom. The van der Waals surface area contributed by atoms with Crippen LogP contribution in [0.1, 0.15) is 11.1 Å². The van der Waals surface area contributed by atoms with Crippen molar-refractivity contribution in [2.75, 3.05) is 0 Å². The summed E-state index contributed by atoms with van der Waals surface area (Å²) in [5, 5.41) is 5.27. The summed E-state index contributed by atoms with van der Waals surface area (Å²) in [5.41, 5.74) is 7.81. The molecule has 0 N–H and O–H groups in total. The topological polar surface area (TPSA) is 0 Å². The molecular weight excluding hydrogens is 336 g/mol. The lowest BCUT2D eigenvalue weighted by molar-refractivity contribution is 1.50. The minimum absolute atomic E-state index is 1.26. The average molecular weight is 358 g/mol. The maximum atomic E-state index is 2.35. The van der Waals surface area contributed by atoms with Crippen LogP contribution in [0.2, 0.25) is 0 Å². The Balaban J connectivity index is 1.98. The van der Waals surface area contributed by atoms with Crippen molar-refractivity contribution in [1.29, 1.82) is 0 Å². The van der Waals surface area contributed by atoms with E-state index in [0.717, 1.165) is 0 Å². The van der Waals surface area contributed by atoms with E-state index in [1.165, 1.54) is 54.9 Å². The predicted molar refractivity (Wildman–Crippen MR) is 122 cm³/mol. The molecule has 5 rings (SSSR count). The monoisotopic (exact) mass is 358 g/mol. The fourth-order valence-corrected chi connectivity index (χ4v) is 4.36.